The predicted octanol–water partition coefficient (Wildman–Crippen LogP) is 3.17. The van der Waals surface area contributed by atoms with Gasteiger partial charge in [0.2, 0.25) is 11.8 Å². The van der Waals surface area contributed by atoms with Crippen LogP contribution in [-0.4, -0.2) is 46.7 Å². The zero-order valence-electron chi connectivity index (χ0n) is 17.8. The summed E-state index contributed by atoms with van der Waals surface area (Å²) in [6.07, 6.45) is 3.25. The summed E-state index contributed by atoms with van der Waals surface area (Å²) in [6.45, 7) is 1.55. The van der Waals surface area contributed by atoms with Gasteiger partial charge in [0.25, 0.3) is 5.91 Å². The van der Waals surface area contributed by atoms with E-state index in [1.807, 2.05) is 36.6 Å². The Morgan fingerprint density at radius 2 is 1.78 bits per heavy atom. The van der Waals surface area contributed by atoms with Gasteiger partial charge in [-0.25, -0.2) is 4.98 Å². The Morgan fingerprint density at radius 3 is 2.44 bits per heavy atom. The third-order valence-corrected chi connectivity index (χ3v) is 6.69. The highest BCUT2D eigenvalue weighted by Crippen LogP contribution is 2.38. The smallest absolute Gasteiger partial charge is 0.308 e. The molecule has 1 aliphatic heterocycles. The SMILES string of the molecule is Cc1ccc(-c2csc(NC(=O)COC(=O)CCN3C(=O)[C@H]4CCCC[C@H]4C3=O)n2)cc1. The second-order valence-corrected chi connectivity index (χ2v) is 9.05. The van der Waals surface area contributed by atoms with Gasteiger partial charge in [0, 0.05) is 17.5 Å². The summed E-state index contributed by atoms with van der Waals surface area (Å²) in [7, 11) is 0. The van der Waals surface area contributed by atoms with Crippen LogP contribution in [0.4, 0.5) is 5.13 Å². The molecule has 2 aromatic rings. The number of aromatic nitrogens is 1. The highest BCUT2D eigenvalue weighted by molar-refractivity contribution is 7.14. The molecule has 3 amide bonds. The number of thiazole rings is 1. The van der Waals surface area contributed by atoms with Gasteiger partial charge < -0.3 is 4.74 Å². The monoisotopic (exact) mass is 455 g/mol. The van der Waals surface area contributed by atoms with Crippen molar-refractivity contribution in [1.29, 1.82) is 0 Å². The molecule has 1 aliphatic carbocycles. The number of esters is 1. The molecule has 2 atom stereocenters. The number of nitrogens with one attached hydrogen (secondary N) is 1. The number of benzene rings is 1. The van der Waals surface area contributed by atoms with Crippen LogP contribution in [0, 0.1) is 18.8 Å². The minimum atomic E-state index is -0.630. The average Bonchev–Trinajstić information content (AvgIpc) is 3.35. The largest absolute Gasteiger partial charge is 0.456 e. The quantitative estimate of drug-likeness (QED) is 0.508. The summed E-state index contributed by atoms with van der Waals surface area (Å²) in [5, 5.41) is 4.87. The normalized spacial score (nSPS) is 20.2. The summed E-state index contributed by atoms with van der Waals surface area (Å²) in [6, 6.07) is 7.90. The molecule has 1 saturated carbocycles. The first-order chi connectivity index (χ1) is 15.4. The maximum atomic E-state index is 12.4. The molecule has 1 aromatic carbocycles. The van der Waals surface area contributed by atoms with Crippen LogP contribution >= 0.6 is 11.3 Å². The second-order valence-electron chi connectivity index (χ2n) is 8.19. The van der Waals surface area contributed by atoms with Crippen LogP contribution in [0.1, 0.15) is 37.7 Å². The molecule has 1 aromatic heterocycles. The minimum Gasteiger partial charge on any atom is -0.456 e. The van der Waals surface area contributed by atoms with Crippen LogP contribution in [0.25, 0.3) is 11.3 Å². The summed E-state index contributed by atoms with van der Waals surface area (Å²) >= 11 is 1.28. The van der Waals surface area contributed by atoms with Gasteiger partial charge in [0.1, 0.15) is 0 Å². The lowest BCUT2D eigenvalue weighted by molar-refractivity contribution is -0.148. The van der Waals surface area contributed by atoms with E-state index in [1.165, 1.54) is 16.2 Å². The highest BCUT2D eigenvalue weighted by Gasteiger charge is 2.47. The van der Waals surface area contributed by atoms with Crippen LogP contribution in [0.2, 0.25) is 0 Å². The number of imide groups is 1. The van der Waals surface area contributed by atoms with E-state index in [9.17, 15) is 19.2 Å². The number of carbonyl (C=O) groups excluding carboxylic acids is 4. The lowest BCUT2D eigenvalue weighted by atomic mass is 9.81. The predicted molar refractivity (Wildman–Crippen MR) is 119 cm³/mol. The minimum absolute atomic E-state index is 0.00247. The first-order valence-electron chi connectivity index (χ1n) is 10.8. The number of anilines is 1. The van der Waals surface area contributed by atoms with Gasteiger partial charge >= 0.3 is 5.97 Å². The Morgan fingerprint density at radius 1 is 1.12 bits per heavy atom. The number of aryl methyl sites for hydroxylation is 1. The van der Waals surface area contributed by atoms with E-state index in [0.717, 1.165) is 42.5 Å². The molecule has 8 nitrogen and oxygen atoms in total. The number of nitrogens with zero attached hydrogens (tertiary/aromatic N) is 2. The van der Waals surface area contributed by atoms with Crippen LogP contribution in [0.15, 0.2) is 29.6 Å². The van der Waals surface area contributed by atoms with Crippen LogP contribution in [0.3, 0.4) is 0 Å². The fourth-order valence-electron chi connectivity index (χ4n) is 4.22. The lowest BCUT2D eigenvalue weighted by Gasteiger charge is -2.19. The molecule has 4 rings (SSSR count). The topological polar surface area (TPSA) is 106 Å². The second kappa shape index (κ2) is 9.60. The number of ether oxygens (including phenoxy) is 1. The molecule has 0 bridgehead atoms. The van der Waals surface area contributed by atoms with E-state index in [2.05, 4.69) is 10.3 Å². The zero-order chi connectivity index (χ0) is 22.7. The molecule has 1 N–H and O–H groups in total. The van der Waals surface area contributed by atoms with Gasteiger partial charge in [0.15, 0.2) is 11.7 Å². The van der Waals surface area contributed by atoms with Gasteiger partial charge in [-0.05, 0) is 19.8 Å². The van der Waals surface area contributed by atoms with Crippen LogP contribution in [-0.2, 0) is 23.9 Å². The van der Waals surface area contributed by atoms with Gasteiger partial charge in [-0.2, -0.15) is 0 Å². The molecule has 168 valence electrons. The van der Waals surface area contributed by atoms with Crippen molar-refractivity contribution in [2.75, 3.05) is 18.5 Å². The molecule has 2 aliphatic rings. The molecule has 32 heavy (non-hydrogen) atoms. The summed E-state index contributed by atoms with van der Waals surface area (Å²) < 4.78 is 5.01. The Kier molecular flexibility index (Phi) is 6.64. The van der Waals surface area contributed by atoms with Crippen molar-refractivity contribution in [3.8, 4) is 11.3 Å². The Balaban J connectivity index is 1.21. The van der Waals surface area contributed by atoms with E-state index in [0.29, 0.717) is 5.13 Å². The number of hydrogen-bond donors (Lipinski definition) is 1. The number of fused-ring (bicyclic) bond motifs is 1. The number of carbonyl (C=O) groups is 4. The van der Waals surface area contributed by atoms with Crippen molar-refractivity contribution in [1.82, 2.24) is 9.88 Å². The Bertz CT molecular complexity index is 1010. The maximum Gasteiger partial charge on any atom is 0.308 e. The van der Waals surface area contributed by atoms with Gasteiger partial charge in [-0.3, -0.25) is 29.4 Å². The lowest BCUT2D eigenvalue weighted by Crippen LogP contribution is -2.33. The third kappa shape index (κ3) is 4.88. The van der Waals surface area contributed by atoms with Crippen molar-refractivity contribution in [3.05, 3.63) is 35.2 Å². The summed E-state index contributed by atoms with van der Waals surface area (Å²) in [5.74, 6) is -1.96. The summed E-state index contributed by atoms with van der Waals surface area (Å²) in [5.41, 5.74) is 2.85. The molecular formula is C23H25N3O5S. The fraction of sp³-hybridized carbons (Fsp3) is 0.435. The van der Waals surface area contributed by atoms with Crippen molar-refractivity contribution in [3.63, 3.8) is 0 Å². The van der Waals surface area contributed by atoms with E-state index in [4.69, 9.17) is 4.74 Å². The van der Waals surface area contributed by atoms with Crippen molar-refractivity contribution < 1.29 is 23.9 Å². The molecule has 0 radical (unpaired) electrons. The first-order valence-corrected chi connectivity index (χ1v) is 11.6. The molecular weight excluding hydrogens is 430 g/mol. The van der Waals surface area contributed by atoms with E-state index in [1.54, 1.807) is 0 Å². The fourth-order valence-corrected chi connectivity index (χ4v) is 4.95. The van der Waals surface area contributed by atoms with E-state index in [-0.39, 0.29) is 36.6 Å². The van der Waals surface area contributed by atoms with Crippen LogP contribution in [0.5, 0.6) is 0 Å². The molecule has 2 heterocycles. The third-order valence-electron chi connectivity index (χ3n) is 5.93. The standard InChI is InChI=1S/C23H25N3O5S/c1-14-6-8-15(9-7-14)18-13-32-23(24-18)25-19(27)12-31-20(28)10-11-26-21(29)16-4-2-3-5-17(16)22(26)30/h6-9,13,16-17H,2-5,10-12H2,1H3,(H,24,25,27)/t16-,17+. The van der Waals surface area contributed by atoms with E-state index >= 15 is 0 Å². The van der Waals surface area contributed by atoms with Crippen molar-refractivity contribution >= 4 is 40.2 Å². The first kappa shape index (κ1) is 22.1. The van der Waals surface area contributed by atoms with Gasteiger partial charge in [-0.1, -0.05) is 42.7 Å². The highest BCUT2D eigenvalue weighted by atomic mass is 32.1. The van der Waals surface area contributed by atoms with Crippen molar-refractivity contribution in [2.24, 2.45) is 11.8 Å². The molecule has 2 fully saturated rings. The molecule has 1 saturated heterocycles. The molecule has 0 spiro atoms. The summed E-state index contributed by atoms with van der Waals surface area (Å²) in [4.78, 5) is 54.6. The van der Waals surface area contributed by atoms with Gasteiger partial charge in [0.05, 0.1) is 24.0 Å². The van der Waals surface area contributed by atoms with Crippen LogP contribution < -0.4 is 5.32 Å². The maximum absolute atomic E-state index is 12.4. The number of likely N-dealkylation sites (tertiary alicyclic amines) is 1. The number of amides is 3. The van der Waals surface area contributed by atoms with E-state index < -0.39 is 18.5 Å². The zero-order valence-corrected chi connectivity index (χ0v) is 18.7. The molecule has 0 unspecified atom stereocenters. The Hall–Kier alpha value is -3.07. The molecule has 9 heteroatoms. The van der Waals surface area contributed by atoms with Crippen molar-refractivity contribution in [2.45, 2.75) is 39.0 Å². The number of rotatable bonds is 7. The average molecular weight is 456 g/mol. The van der Waals surface area contributed by atoms with Gasteiger partial charge in [-0.15, -0.1) is 11.3 Å². The Labute approximate surface area is 190 Å². The number of hydrogen-bond acceptors (Lipinski definition) is 7.